The summed E-state index contributed by atoms with van der Waals surface area (Å²) in [4.78, 5) is 37.5. The van der Waals surface area contributed by atoms with Gasteiger partial charge in [-0.3, -0.25) is 4.79 Å². The highest BCUT2D eigenvalue weighted by atomic mass is 32.1. The number of nitrogens with zero attached hydrogens (tertiary/aromatic N) is 5. The molecule has 0 bridgehead atoms. The first-order valence-electron chi connectivity index (χ1n) is 12.2. The van der Waals surface area contributed by atoms with Gasteiger partial charge in [0.1, 0.15) is 16.3 Å². The predicted molar refractivity (Wildman–Crippen MR) is 134 cm³/mol. The van der Waals surface area contributed by atoms with Gasteiger partial charge in [0, 0.05) is 42.8 Å². The Morgan fingerprint density at radius 2 is 1.91 bits per heavy atom. The van der Waals surface area contributed by atoms with Crippen LogP contribution in [0.2, 0.25) is 0 Å². The molecular weight excluding hydrogens is 466 g/mol. The maximum atomic E-state index is 13.5. The van der Waals surface area contributed by atoms with E-state index < -0.39 is 6.09 Å². The number of thiazole rings is 1. The molecule has 1 aliphatic carbocycles. The highest BCUT2D eigenvalue weighted by molar-refractivity contribution is 7.16. The van der Waals surface area contributed by atoms with Gasteiger partial charge in [-0.05, 0) is 52.4 Å². The zero-order valence-electron chi connectivity index (χ0n) is 20.2. The van der Waals surface area contributed by atoms with Crippen molar-refractivity contribution in [3.05, 3.63) is 29.5 Å². The van der Waals surface area contributed by atoms with E-state index in [0.29, 0.717) is 49.2 Å². The number of likely N-dealkylation sites (tertiary alicyclic amines) is 1. The van der Waals surface area contributed by atoms with Crippen molar-refractivity contribution in [1.82, 2.24) is 29.8 Å². The summed E-state index contributed by atoms with van der Waals surface area (Å²) in [5.74, 6) is 1.66. The molecule has 3 aromatic rings. The van der Waals surface area contributed by atoms with Crippen molar-refractivity contribution in [3.63, 3.8) is 0 Å². The highest BCUT2D eigenvalue weighted by Gasteiger charge is 2.30. The second kappa shape index (κ2) is 9.80. The summed E-state index contributed by atoms with van der Waals surface area (Å²) in [6.07, 6.45) is 6.82. The number of aromatic nitrogens is 4. The molecule has 2 N–H and O–H groups in total. The number of hydrogen-bond acceptors (Lipinski definition) is 8. The first kappa shape index (κ1) is 23.5. The summed E-state index contributed by atoms with van der Waals surface area (Å²) in [6.45, 7) is 6.86. The molecule has 0 radical (unpaired) electrons. The zero-order chi connectivity index (χ0) is 24.5. The van der Waals surface area contributed by atoms with Crippen LogP contribution in [0.5, 0.6) is 0 Å². The first-order valence-corrected chi connectivity index (χ1v) is 13.1. The summed E-state index contributed by atoms with van der Waals surface area (Å²) in [5.41, 5.74) is 1.17. The Morgan fingerprint density at radius 3 is 2.63 bits per heavy atom. The highest BCUT2D eigenvalue weighted by Crippen LogP contribution is 2.34. The molecular formula is C24H31N7O3S. The Morgan fingerprint density at radius 1 is 1.14 bits per heavy atom. The number of fused-ring (bicyclic) bond motifs is 1. The van der Waals surface area contributed by atoms with Crippen molar-refractivity contribution in [2.75, 3.05) is 18.4 Å². The van der Waals surface area contributed by atoms with E-state index in [1.54, 1.807) is 33.0 Å². The number of ether oxygens (including phenoxy) is 1. The van der Waals surface area contributed by atoms with Crippen LogP contribution in [0.15, 0.2) is 23.8 Å². The van der Waals surface area contributed by atoms with E-state index in [9.17, 15) is 9.59 Å². The molecule has 1 atom stereocenters. The fourth-order valence-electron chi connectivity index (χ4n) is 4.38. The monoisotopic (exact) mass is 497 g/mol. The molecule has 1 aliphatic heterocycles. The smallest absolute Gasteiger partial charge is 0.407 e. The molecule has 5 rings (SSSR count). The molecule has 0 spiro atoms. The van der Waals surface area contributed by atoms with Gasteiger partial charge in [-0.2, -0.15) is 5.10 Å². The van der Waals surface area contributed by atoms with Gasteiger partial charge in [-0.1, -0.05) is 0 Å². The van der Waals surface area contributed by atoms with E-state index >= 15 is 0 Å². The number of piperidine rings is 1. The first-order chi connectivity index (χ1) is 16.9. The van der Waals surface area contributed by atoms with E-state index in [2.05, 4.69) is 27.6 Å². The third kappa shape index (κ3) is 5.39. The Kier molecular flexibility index (Phi) is 6.59. The van der Waals surface area contributed by atoms with Crippen LogP contribution in [-0.4, -0.2) is 67.8 Å². The summed E-state index contributed by atoms with van der Waals surface area (Å²) >= 11 is 1.56. The van der Waals surface area contributed by atoms with Crippen LogP contribution >= 0.6 is 11.3 Å². The van der Waals surface area contributed by atoms with Gasteiger partial charge < -0.3 is 20.3 Å². The second-order valence-corrected chi connectivity index (χ2v) is 10.5. The molecule has 4 heterocycles. The van der Waals surface area contributed by atoms with E-state index in [0.717, 1.165) is 10.4 Å². The van der Waals surface area contributed by atoms with Gasteiger partial charge in [-0.15, -0.1) is 11.3 Å². The standard InChI is InChI=1S/C24H31N7O3S/c1-14(2)34-24(33)27-17-6-8-30(9-7-17)22(32)19-12-20(26-15(3)16-4-5-16)29-21(28-19)18-13-25-31-10-11-35-23(18)31/h10-17H,4-9H2,1-3H3,(H,27,33)(H,26,28,29). The summed E-state index contributed by atoms with van der Waals surface area (Å²) < 4.78 is 6.97. The molecule has 1 saturated carbocycles. The van der Waals surface area contributed by atoms with Crippen molar-refractivity contribution < 1.29 is 14.3 Å². The number of carbonyl (C=O) groups is 2. The van der Waals surface area contributed by atoms with Crippen LogP contribution in [0.4, 0.5) is 10.6 Å². The van der Waals surface area contributed by atoms with Crippen molar-refractivity contribution in [1.29, 1.82) is 0 Å². The summed E-state index contributed by atoms with van der Waals surface area (Å²) in [7, 11) is 0. The van der Waals surface area contributed by atoms with Crippen LogP contribution in [-0.2, 0) is 4.74 Å². The fourth-order valence-corrected chi connectivity index (χ4v) is 5.17. The third-order valence-electron chi connectivity index (χ3n) is 6.47. The average molecular weight is 498 g/mol. The van der Waals surface area contributed by atoms with Gasteiger partial charge in [0.15, 0.2) is 5.82 Å². The number of carbonyl (C=O) groups excluding carboxylic acids is 2. The molecule has 2 fully saturated rings. The lowest BCUT2D eigenvalue weighted by atomic mass is 10.0. The quantitative estimate of drug-likeness (QED) is 0.510. The largest absolute Gasteiger partial charge is 0.447 e. The van der Waals surface area contributed by atoms with E-state index in [1.807, 2.05) is 25.4 Å². The molecule has 1 unspecified atom stereocenters. The van der Waals surface area contributed by atoms with Crippen molar-refractivity contribution in [2.24, 2.45) is 5.92 Å². The maximum absolute atomic E-state index is 13.5. The van der Waals surface area contributed by atoms with Crippen LogP contribution in [0.25, 0.3) is 16.2 Å². The van der Waals surface area contributed by atoms with Crippen LogP contribution < -0.4 is 10.6 Å². The molecule has 2 aliphatic rings. The average Bonchev–Trinajstić information content (AvgIpc) is 3.44. The summed E-state index contributed by atoms with van der Waals surface area (Å²) in [5, 5.41) is 12.7. The lowest BCUT2D eigenvalue weighted by molar-refractivity contribution is 0.0690. The molecule has 3 aromatic heterocycles. The molecule has 10 nitrogen and oxygen atoms in total. The Balaban J connectivity index is 1.34. The fraction of sp³-hybridized carbons (Fsp3) is 0.542. The Labute approximate surface area is 208 Å². The molecule has 2 amide bonds. The number of anilines is 1. The molecule has 35 heavy (non-hydrogen) atoms. The SMILES string of the molecule is CC(C)OC(=O)NC1CCN(C(=O)c2cc(NC(C)C3CC3)nc(-c3cnn4ccsc34)n2)CC1. The number of hydrogen-bond donors (Lipinski definition) is 2. The molecule has 0 aromatic carbocycles. The van der Waals surface area contributed by atoms with Crippen molar-refractivity contribution in [2.45, 2.75) is 64.6 Å². The number of alkyl carbamates (subject to hydrolysis) is 1. The number of amides is 2. The van der Waals surface area contributed by atoms with E-state index in [-0.39, 0.29) is 24.1 Å². The van der Waals surface area contributed by atoms with E-state index in [1.165, 1.54) is 12.8 Å². The van der Waals surface area contributed by atoms with Gasteiger partial charge in [0.25, 0.3) is 5.91 Å². The maximum Gasteiger partial charge on any atom is 0.407 e. The van der Waals surface area contributed by atoms with Gasteiger partial charge in [0.05, 0.1) is 17.9 Å². The summed E-state index contributed by atoms with van der Waals surface area (Å²) in [6, 6.07) is 2.02. The number of nitrogens with one attached hydrogen (secondary N) is 2. The molecule has 1 saturated heterocycles. The normalized spacial score (nSPS) is 17.5. The van der Waals surface area contributed by atoms with Gasteiger partial charge in [-0.25, -0.2) is 19.3 Å². The lowest BCUT2D eigenvalue weighted by Gasteiger charge is -2.32. The number of rotatable bonds is 7. The van der Waals surface area contributed by atoms with Crippen molar-refractivity contribution in [3.8, 4) is 11.4 Å². The van der Waals surface area contributed by atoms with E-state index in [4.69, 9.17) is 9.72 Å². The van der Waals surface area contributed by atoms with Crippen LogP contribution in [0.1, 0.15) is 56.9 Å². The zero-order valence-corrected chi connectivity index (χ0v) is 21.0. The second-order valence-electron chi connectivity index (χ2n) is 9.61. The van der Waals surface area contributed by atoms with Gasteiger partial charge in [0.2, 0.25) is 0 Å². The predicted octanol–water partition coefficient (Wildman–Crippen LogP) is 3.80. The minimum absolute atomic E-state index is 0.0117. The Bertz CT molecular complexity index is 1210. The molecule has 11 heteroatoms. The Hall–Kier alpha value is -3.21. The lowest BCUT2D eigenvalue weighted by Crippen LogP contribution is -2.47. The third-order valence-corrected chi connectivity index (χ3v) is 7.36. The topological polar surface area (TPSA) is 114 Å². The molecule has 186 valence electrons. The van der Waals surface area contributed by atoms with Crippen LogP contribution in [0.3, 0.4) is 0 Å². The van der Waals surface area contributed by atoms with Crippen LogP contribution in [0, 0.1) is 5.92 Å². The minimum Gasteiger partial charge on any atom is -0.447 e. The van der Waals surface area contributed by atoms with Gasteiger partial charge >= 0.3 is 6.09 Å². The van der Waals surface area contributed by atoms with Crippen molar-refractivity contribution >= 4 is 34.0 Å². The minimum atomic E-state index is -0.410.